The zero-order valence-corrected chi connectivity index (χ0v) is 19.6. The van der Waals surface area contributed by atoms with E-state index in [-0.39, 0.29) is 29.0 Å². The average Bonchev–Trinajstić information content (AvgIpc) is 2.76. The van der Waals surface area contributed by atoms with Crippen LogP contribution >= 0.6 is 0 Å². The van der Waals surface area contributed by atoms with Crippen molar-refractivity contribution < 1.29 is 22.7 Å². The van der Waals surface area contributed by atoms with Crippen molar-refractivity contribution in [1.82, 2.24) is 9.21 Å². The van der Waals surface area contributed by atoms with Crippen LogP contribution < -0.4 is 0 Å². The summed E-state index contributed by atoms with van der Waals surface area (Å²) in [4.78, 5) is 26.5. The Morgan fingerprint density at radius 2 is 1.61 bits per heavy atom. The van der Waals surface area contributed by atoms with E-state index < -0.39 is 16.0 Å². The molecule has 1 aromatic rings. The van der Waals surface area contributed by atoms with Gasteiger partial charge in [-0.2, -0.15) is 4.31 Å². The smallest absolute Gasteiger partial charge is 0.338 e. The molecule has 1 amide bonds. The van der Waals surface area contributed by atoms with E-state index in [1.165, 1.54) is 35.0 Å². The summed E-state index contributed by atoms with van der Waals surface area (Å²) in [6, 6.07) is 5.98. The van der Waals surface area contributed by atoms with Gasteiger partial charge in [0.1, 0.15) is 0 Å². The number of carbonyl (C=O) groups is 2. The number of hydrogen-bond donors (Lipinski definition) is 0. The second kappa shape index (κ2) is 10.1. The van der Waals surface area contributed by atoms with Gasteiger partial charge in [0, 0.05) is 26.2 Å². The number of nitrogens with zero attached hydrogens (tertiary/aromatic N) is 2. The fourth-order valence-electron chi connectivity index (χ4n) is 4.70. The van der Waals surface area contributed by atoms with Crippen LogP contribution in [0.5, 0.6) is 0 Å². The van der Waals surface area contributed by atoms with E-state index in [0.29, 0.717) is 24.9 Å². The minimum Gasteiger partial charge on any atom is -0.452 e. The first kappa shape index (κ1) is 23.7. The molecule has 7 nitrogen and oxygen atoms in total. The third-order valence-electron chi connectivity index (χ3n) is 6.41. The molecule has 1 saturated carbocycles. The van der Waals surface area contributed by atoms with Gasteiger partial charge in [0.15, 0.2) is 6.61 Å². The number of piperidine rings is 1. The Hall–Kier alpha value is -1.93. The number of amides is 1. The van der Waals surface area contributed by atoms with Crippen LogP contribution in [0, 0.1) is 11.8 Å². The zero-order chi connectivity index (χ0) is 22.6. The molecule has 0 spiro atoms. The van der Waals surface area contributed by atoms with E-state index in [0.717, 1.165) is 32.1 Å². The van der Waals surface area contributed by atoms with Gasteiger partial charge in [0.25, 0.3) is 5.91 Å². The van der Waals surface area contributed by atoms with Crippen molar-refractivity contribution in [2.24, 2.45) is 11.8 Å². The second-order valence-corrected chi connectivity index (χ2v) is 11.1. The van der Waals surface area contributed by atoms with Gasteiger partial charge in [-0.3, -0.25) is 4.79 Å². The molecule has 2 unspecified atom stereocenters. The van der Waals surface area contributed by atoms with Crippen LogP contribution in [0.1, 0.15) is 62.7 Å². The first-order valence-electron chi connectivity index (χ1n) is 11.2. The molecular weight excluding hydrogens is 416 g/mol. The fourth-order valence-corrected chi connectivity index (χ4v) is 6.38. The van der Waals surface area contributed by atoms with Gasteiger partial charge < -0.3 is 9.64 Å². The molecular formula is C23H34N2O5S. The van der Waals surface area contributed by atoms with Crippen molar-refractivity contribution in [2.75, 3.05) is 26.7 Å². The molecule has 2 atom stereocenters. The number of rotatable bonds is 6. The molecule has 1 aromatic carbocycles. The zero-order valence-electron chi connectivity index (χ0n) is 18.7. The standard InChI is InChI=1S/C23H34N2O5S/c1-17-13-18(2)15-25(14-17)31(28,29)21-11-9-19(10-12-21)23(27)30-16-22(26)24(3)20-7-5-4-6-8-20/h9-12,17-18,20H,4-8,13-16H2,1-3H3. The van der Waals surface area contributed by atoms with E-state index >= 15 is 0 Å². The predicted octanol–water partition coefficient (Wildman–Crippen LogP) is 3.30. The highest BCUT2D eigenvalue weighted by molar-refractivity contribution is 7.89. The normalized spacial score (nSPS) is 23.3. The molecule has 0 aromatic heterocycles. The molecule has 1 aliphatic carbocycles. The highest BCUT2D eigenvalue weighted by atomic mass is 32.2. The van der Waals surface area contributed by atoms with Crippen molar-refractivity contribution in [1.29, 1.82) is 0 Å². The average molecular weight is 451 g/mol. The van der Waals surface area contributed by atoms with Crippen molar-refractivity contribution >= 4 is 21.9 Å². The number of benzene rings is 1. The van der Waals surface area contributed by atoms with E-state index in [1.807, 2.05) is 0 Å². The van der Waals surface area contributed by atoms with Gasteiger partial charge >= 0.3 is 5.97 Å². The van der Waals surface area contributed by atoms with Crippen molar-refractivity contribution in [2.45, 2.75) is 63.3 Å². The lowest BCUT2D eigenvalue weighted by molar-refractivity contribution is -0.135. The van der Waals surface area contributed by atoms with Gasteiger partial charge in [-0.25, -0.2) is 13.2 Å². The lowest BCUT2D eigenvalue weighted by Gasteiger charge is -2.34. The first-order chi connectivity index (χ1) is 14.7. The highest BCUT2D eigenvalue weighted by Gasteiger charge is 2.31. The van der Waals surface area contributed by atoms with Crippen LogP contribution in [0.2, 0.25) is 0 Å². The van der Waals surface area contributed by atoms with Gasteiger partial charge in [-0.15, -0.1) is 0 Å². The van der Waals surface area contributed by atoms with Crippen LogP contribution in [0.25, 0.3) is 0 Å². The molecule has 1 aliphatic heterocycles. The Morgan fingerprint density at radius 1 is 1.03 bits per heavy atom. The number of ether oxygens (including phenoxy) is 1. The molecule has 172 valence electrons. The third kappa shape index (κ3) is 5.86. The summed E-state index contributed by atoms with van der Waals surface area (Å²) in [6.45, 7) is 4.82. The van der Waals surface area contributed by atoms with Crippen molar-refractivity contribution in [3.8, 4) is 0 Å². The van der Waals surface area contributed by atoms with Gasteiger partial charge in [0.2, 0.25) is 10.0 Å². The number of esters is 1. The molecule has 2 fully saturated rings. The van der Waals surface area contributed by atoms with Crippen molar-refractivity contribution in [3.63, 3.8) is 0 Å². The maximum Gasteiger partial charge on any atom is 0.338 e. The second-order valence-electron chi connectivity index (χ2n) is 9.17. The predicted molar refractivity (Wildman–Crippen MR) is 118 cm³/mol. The highest BCUT2D eigenvalue weighted by Crippen LogP contribution is 2.27. The van der Waals surface area contributed by atoms with E-state index in [4.69, 9.17) is 4.74 Å². The van der Waals surface area contributed by atoms with E-state index in [1.54, 1.807) is 11.9 Å². The van der Waals surface area contributed by atoms with Crippen LogP contribution in [0.3, 0.4) is 0 Å². The Morgan fingerprint density at radius 3 is 2.19 bits per heavy atom. The molecule has 8 heteroatoms. The lowest BCUT2D eigenvalue weighted by atomic mass is 9.94. The Labute approximate surface area is 185 Å². The molecule has 2 aliphatic rings. The summed E-state index contributed by atoms with van der Waals surface area (Å²) in [5.74, 6) is -0.212. The minimum atomic E-state index is -3.60. The van der Waals surface area contributed by atoms with Crippen LogP contribution in [0.15, 0.2) is 29.2 Å². The van der Waals surface area contributed by atoms with Gasteiger partial charge in [-0.05, 0) is 55.4 Å². The quantitative estimate of drug-likeness (QED) is 0.621. The number of sulfonamides is 1. The van der Waals surface area contributed by atoms with Crippen LogP contribution in [0.4, 0.5) is 0 Å². The van der Waals surface area contributed by atoms with Crippen LogP contribution in [-0.2, 0) is 19.6 Å². The fraction of sp³-hybridized carbons (Fsp3) is 0.652. The molecule has 1 heterocycles. The summed E-state index contributed by atoms with van der Waals surface area (Å²) in [5.41, 5.74) is 0.229. The summed E-state index contributed by atoms with van der Waals surface area (Å²) in [6.07, 6.45) is 6.43. The molecule has 3 rings (SSSR count). The summed E-state index contributed by atoms with van der Waals surface area (Å²) in [7, 11) is -1.84. The van der Waals surface area contributed by atoms with Crippen molar-refractivity contribution in [3.05, 3.63) is 29.8 Å². The summed E-state index contributed by atoms with van der Waals surface area (Å²) >= 11 is 0. The molecule has 0 bridgehead atoms. The lowest BCUT2D eigenvalue weighted by Crippen LogP contribution is -2.42. The molecule has 31 heavy (non-hydrogen) atoms. The van der Waals surface area contributed by atoms with E-state index in [9.17, 15) is 18.0 Å². The Kier molecular flexibility index (Phi) is 7.75. The first-order valence-corrected chi connectivity index (χ1v) is 12.7. The largest absolute Gasteiger partial charge is 0.452 e. The van der Waals surface area contributed by atoms with Gasteiger partial charge in [0.05, 0.1) is 10.5 Å². The third-order valence-corrected chi connectivity index (χ3v) is 8.25. The maximum absolute atomic E-state index is 13.0. The molecule has 0 radical (unpaired) electrons. The number of hydrogen-bond acceptors (Lipinski definition) is 5. The number of likely N-dealkylation sites (N-methyl/N-ethyl adjacent to an activating group) is 1. The Bertz CT molecular complexity index is 868. The molecule has 0 N–H and O–H groups in total. The Balaban J connectivity index is 1.57. The monoisotopic (exact) mass is 450 g/mol. The number of carbonyl (C=O) groups excluding carboxylic acids is 2. The topological polar surface area (TPSA) is 84.0 Å². The SMILES string of the molecule is CC1CC(C)CN(S(=O)(=O)c2ccc(C(=O)OCC(=O)N(C)C3CCCCC3)cc2)C1. The van der Waals surface area contributed by atoms with Crippen LogP contribution in [-0.4, -0.2) is 62.3 Å². The van der Waals surface area contributed by atoms with E-state index in [2.05, 4.69) is 13.8 Å². The molecule has 1 saturated heterocycles. The van der Waals surface area contributed by atoms with Gasteiger partial charge in [-0.1, -0.05) is 33.1 Å². The summed E-state index contributed by atoms with van der Waals surface area (Å²) < 4.78 is 32.6. The maximum atomic E-state index is 13.0. The minimum absolute atomic E-state index is 0.165. The summed E-state index contributed by atoms with van der Waals surface area (Å²) in [5, 5.41) is 0.